The number of aromatic hydroxyl groups is 1. The molecule has 0 aromatic heterocycles. The highest BCUT2D eigenvalue weighted by molar-refractivity contribution is 5.29. The van der Waals surface area contributed by atoms with Gasteiger partial charge in [-0.25, -0.2) is 4.39 Å². The number of benzene rings is 1. The molecule has 16 heavy (non-hydrogen) atoms. The highest BCUT2D eigenvalue weighted by Crippen LogP contribution is 2.25. The Morgan fingerprint density at radius 3 is 2.69 bits per heavy atom. The molecule has 1 aromatic rings. The van der Waals surface area contributed by atoms with Crippen LogP contribution in [0.25, 0.3) is 0 Å². The van der Waals surface area contributed by atoms with Crippen molar-refractivity contribution < 1.29 is 9.50 Å². The maximum absolute atomic E-state index is 13.7. The van der Waals surface area contributed by atoms with Crippen LogP contribution in [0.2, 0.25) is 0 Å². The van der Waals surface area contributed by atoms with Gasteiger partial charge in [-0.05, 0) is 13.0 Å². The minimum Gasteiger partial charge on any atom is -0.508 e. The lowest BCUT2D eigenvalue weighted by molar-refractivity contribution is 0.182. The summed E-state index contributed by atoms with van der Waals surface area (Å²) in [6.45, 7) is 5.76. The van der Waals surface area contributed by atoms with Crippen LogP contribution in [-0.4, -0.2) is 36.2 Å². The molecular weight excluding hydrogens is 207 g/mol. The van der Waals surface area contributed by atoms with Crippen molar-refractivity contribution in [1.82, 2.24) is 10.2 Å². The maximum atomic E-state index is 13.7. The predicted octanol–water partition coefficient (Wildman–Crippen LogP) is 1.50. The molecule has 0 amide bonds. The van der Waals surface area contributed by atoms with Crippen LogP contribution in [0, 0.1) is 5.82 Å². The summed E-state index contributed by atoms with van der Waals surface area (Å²) in [6, 6.07) is 4.44. The standard InChI is InChI=1S/C12H17FN2O/c1-9(15-6-4-14-5-7-15)11-3-2-10(16)8-12(11)13/h2-3,8-9,14,16H,4-7H2,1H3/t9-/m1/s1. The fraction of sp³-hybridized carbons (Fsp3) is 0.500. The smallest absolute Gasteiger partial charge is 0.131 e. The van der Waals surface area contributed by atoms with E-state index in [4.69, 9.17) is 5.11 Å². The van der Waals surface area contributed by atoms with Crippen LogP contribution in [0.5, 0.6) is 5.75 Å². The van der Waals surface area contributed by atoms with E-state index in [1.165, 1.54) is 12.1 Å². The fourth-order valence-electron chi connectivity index (χ4n) is 2.12. The quantitative estimate of drug-likeness (QED) is 0.799. The normalized spacial score (nSPS) is 19.6. The van der Waals surface area contributed by atoms with E-state index < -0.39 is 0 Å². The number of phenolic OH excluding ortho intramolecular Hbond substituents is 1. The zero-order chi connectivity index (χ0) is 11.5. The molecule has 1 aromatic carbocycles. The SMILES string of the molecule is C[C@H](c1ccc(O)cc1F)N1CCNCC1. The van der Waals surface area contributed by atoms with Gasteiger partial charge in [0.1, 0.15) is 11.6 Å². The van der Waals surface area contributed by atoms with Crippen LogP contribution >= 0.6 is 0 Å². The maximum Gasteiger partial charge on any atom is 0.131 e. The van der Waals surface area contributed by atoms with Crippen molar-refractivity contribution in [2.24, 2.45) is 0 Å². The summed E-state index contributed by atoms with van der Waals surface area (Å²) in [5, 5.41) is 12.4. The molecule has 0 spiro atoms. The summed E-state index contributed by atoms with van der Waals surface area (Å²) >= 11 is 0. The van der Waals surface area contributed by atoms with Crippen LogP contribution in [0.4, 0.5) is 4.39 Å². The van der Waals surface area contributed by atoms with Gasteiger partial charge in [0.15, 0.2) is 0 Å². The van der Waals surface area contributed by atoms with Crippen molar-refractivity contribution in [3.8, 4) is 5.75 Å². The molecule has 3 nitrogen and oxygen atoms in total. The summed E-state index contributed by atoms with van der Waals surface area (Å²) in [5.41, 5.74) is 0.653. The third-order valence-corrected chi connectivity index (χ3v) is 3.13. The zero-order valence-electron chi connectivity index (χ0n) is 9.41. The predicted molar refractivity (Wildman–Crippen MR) is 60.9 cm³/mol. The second kappa shape index (κ2) is 4.80. The molecule has 0 unspecified atom stereocenters. The van der Waals surface area contributed by atoms with Crippen LogP contribution in [0.3, 0.4) is 0 Å². The van der Waals surface area contributed by atoms with E-state index in [-0.39, 0.29) is 17.6 Å². The van der Waals surface area contributed by atoms with E-state index in [9.17, 15) is 4.39 Å². The minimum atomic E-state index is -0.328. The Labute approximate surface area is 94.9 Å². The van der Waals surface area contributed by atoms with E-state index in [2.05, 4.69) is 10.2 Å². The van der Waals surface area contributed by atoms with Gasteiger partial charge in [-0.15, -0.1) is 0 Å². The first kappa shape index (κ1) is 11.4. The van der Waals surface area contributed by atoms with Crippen LogP contribution in [0.1, 0.15) is 18.5 Å². The van der Waals surface area contributed by atoms with Gasteiger partial charge >= 0.3 is 0 Å². The highest BCUT2D eigenvalue weighted by Gasteiger charge is 2.20. The lowest BCUT2D eigenvalue weighted by atomic mass is 10.1. The van der Waals surface area contributed by atoms with Crippen molar-refractivity contribution in [2.75, 3.05) is 26.2 Å². The van der Waals surface area contributed by atoms with Gasteiger partial charge in [0, 0.05) is 43.9 Å². The van der Waals surface area contributed by atoms with Gasteiger partial charge in [0.05, 0.1) is 0 Å². The number of nitrogens with one attached hydrogen (secondary N) is 1. The third kappa shape index (κ3) is 2.33. The first-order valence-corrected chi connectivity index (χ1v) is 5.61. The molecule has 1 aliphatic rings. The van der Waals surface area contributed by atoms with E-state index in [1.54, 1.807) is 6.07 Å². The van der Waals surface area contributed by atoms with Crippen molar-refractivity contribution in [1.29, 1.82) is 0 Å². The number of piperazine rings is 1. The van der Waals surface area contributed by atoms with E-state index in [0.29, 0.717) is 5.56 Å². The van der Waals surface area contributed by atoms with Gasteiger partial charge in [-0.2, -0.15) is 0 Å². The fourth-order valence-corrected chi connectivity index (χ4v) is 2.12. The summed E-state index contributed by atoms with van der Waals surface area (Å²) in [5.74, 6) is -0.347. The summed E-state index contributed by atoms with van der Waals surface area (Å²) < 4.78 is 13.7. The monoisotopic (exact) mass is 224 g/mol. The lowest BCUT2D eigenvalue weighted by Gasteiger charge is -2.33. The van der Waals surface area contributed by atoms with Gasteiger partial charge in [-0.3, -0.25) is 4.90 Å². The van der Waals surface area contributed by atoms with Crippen molar-refractivity contribution in [3.05, 3.63) is 29.6 Å². The van der Waals surface area contributed by atoms with Crippen molar-refractivity contribution >= 4 is 0 Å². The van der Waals surface area contributed by atoms with E-state index in [0.717, 1.165) is 26.2 Å². The molecule has 0 aliphatic carbocycles. The third-order valence-electron chi connectivity index (χ3n) is 3.13. The summed E-state index contributed by atoms with van der Waals surface area (Å²) in [6.07, 6.45) is 0. The Hall–Kier alpha value is -1.13. The number of phenols is 1. The molecule has 1 saturated heterocycles. The second-order valence-corrected chi connectivity index (χ2v) is 4.17. The van der Waals surface area contributed by atoms with Crippen LogP contribution < -0.4 is 5.32 Å². The molecule has 0 radical (unpaired) electrons. The van der Waals surface area contributed by atoms with Gasteiger partial charge in [-0.1, -0.05) is 6.07 Å². The van der Waals surface area contributed by atoms with Crippen LogP contribution in [0.15, 0.2) is 18.2 Å². The molecule has 0 saturated carbocycles. The minimum absolute atomic E-state index is 0.0197. The van der Waals surface area contributed by atoms with Crippen molar-refractivity contribution in [2.45, 2.75) is 13.0 Å². The van der Waals surface area contributed by atoms with Gasteiger partial charge in [0.2, 0.25) is 0 Å². The molecule has 2 rings (SSSR count). The molecule has 4 heteroatoms. The number of halogens is 1. The average Bonchev–Trinajstić information content (AvgIpc) is 2.29. The molecule has 1 aliphatic heterocycles. The molecular formula is C12H17FN2O. The topological polar surface area (TPSA) is 35.5 Å². The summed E-state index contributed by atoms with van der Waals surface area (Å²) in [7, 11) is 0. The molecule has 1 fully saturated rings. The number of hydrogen-bond donors (Lipinski definition) is 2. The molecule has 2 N–H and O–H groups in total. The Bertz CT molecular complexity index is 364. The Morgan fingerprint density at radius 2 is 2.06 bits per heavy atom. The van der Waals surface area contributed by atoms with Gasteiger partial charge < -0.3 is 10.4 Å². The Morgan fingerprint density at radius 1 is 1.38 bits per heavy atom. The largest absolute Gasteiger partial charge is 0.508 e. The average molecular weight is 224 g/mol. The number of hydrogen-bond acceptors (Lipinski definition) is 3. The number of rotatable bonds is 2. The van der Waals surface area contributed by atoms with E-state index in [1.807, 2.05) is 6.92 Å². The molecule has 1 heterocycles. The molecule has 0 bridgehead atoms. The Balaban J connectivity index is 2.15. The summed E-state index contributed by atoms with van der Waals surface area (Å²) in [4.78, 5) is 2.24. The number of nitrogens with zero attached hydrogens (tertiary/aromatic N) is 1. The first-order valence-electron chi connectivity index (χ1n) is 5.61. The van der Waals surface area contributed by atoms with Gasteiger partial charge in [0.25, 0.3) is 0 Å². The highest BCUT2D eigenvalue weighted by atomic mass is 19.1. The zero-order valence-corrected chi connectivity index (χ0v) is 9.41. The lowest BCUT2D eigenvalue weighted by Crippen LogP contribution is -2.44. The first-order chi connectivity index (χ1) is 7.68. The molecule has 1 atom stereocenters. The Kier molecular flexibility index (Phi) is 3.41. The molecule has 88 valence electrons. The van der Waals surface area contributed by atoms with Crippen LogP contribution in [-0.2, 0) is 0 Å². The van der Waals surface area contributed by atoms with E-state index >= 15 is 0 Å². The second-order valence-electron chi connectivity index (χ2n) is 4.17. The van der Waals surface area contributed by atoms with Crippen molar-refractivity contribution in [3.63, 3.8) is 0 Å².